The summed E-state index contributed by atoms with van der Waals surface area (Å²) in [4.78, 5) is 4.52. The highest BCUT2D eigenvalue weighted by molar-refractivity contribution is 7.98. The van der Waals surface area contributed by atoms with Gasteiger partial charge in [-0.05, 0) is 13.2 Å². The Morgan fingerprint density at radius 3 is 2.80 bits per heavy atom. The van der Waals surface area contributed by atoms with Crippen LogP contribution in [-0.4, -0.2) is 48.3 Å². The molecule has 0 bridgehead atoms. The van der Waals surface area contributed by atoms with Gasteiger partial charge in [-0.1, -0.05) is 11.6 Å². The maximum Gasteiger partial charge on any atom is 0.151 e. The van der Waals surface area contributed by atoms with Crippen LogP contribution in [0.5, 0.6) is 0 Å². The van der Waals surface area contributed by atoms with E-state index in [2.05, 4.69) is 21.4 Å². The van der Waals surface area contributed by atoms with Crippen molar-refractivity contribution in [2.75, 3.05) is 18.6 Å². The number of hydrogen-bond donors (Lipinski definition) is 1. The van der Waals surface area contributed by atoms with Gasteiger partial charge in [0.1, 0.15) is 12.4 Å². The predicted molar refractivity (Wildman–Crippen MR) is 80.3 cm³/mol. The first-order valence-corrected chi connectivity index (χ1v) is 8.13. The number of hydrogen-bond acceptors (Lipinski definition) is 5. The summed E-state index contributed by atoms with van der Waals surface area (Å²) in [6.45, 7) is 2.84. The van der Waals surface area contributed by atoms with Crippen LogP contribution >= 0.6 is 23.4 Å². The van der Waals surface area contributed by atoms with Crippen molar-refractivity contribution in [2.45, 2.75) is 26.4 Å². The summed E-state index contributed by atoms with van der Waals surface area (Å²) in [7, 11) is 0. The fraction of sp³-hybridized carbons (Fsp3) is 0.583. The fourth-order valence-corrected chi connectivity index (χ4v) is 2.37. The van der Waals surface area contributed by atoms with Gasteiger partial charge in [0, 0.05) is 18.4 Å². The third-order valence-electron chi connectivity index (χ3n) is 2.82. The van der Waals surface area contributed by atoms with E-state index in [-0.39, 0.29) is 6.61 Å². The lowest BCUT2D eigenvalue weighted by atomic mass is 10.4. The van der Waals surface area contributed by atoms with Gasteiger partial charge in [-0.25, -0.2) is 9.67 Å². The molecule has 2 heterocycles. The quantitative estimate of drug-likeness (QED) is 0.836. The van der Waals surface area contributed by atoms with E-state index < -0.39 is 0 Å². The topological polar surface area (TPSA) is 68.8 Å². The van der Waals surface area contributed by atoms with Crippen molar-refractivity contribution in [1.29, 1.82) is 0 Å². The first-order chi connectivity index (χ1) is 9.63. The Bertz CT molecular complexity index is 549. The summed E-state index contributed by atoms with van der Waals surface area (Å²) in [5, 5.41) is 18.5. The molecule has 0 amide bonds. The van der Waals surface area contributed by atoms with Crippen LogP contribution in [0.15, 0.2) is 6.20 Å². The summed E-state index contributed by atoms with van der Waals surface area (Å²) in [6.07, 6.45) is 4.65. The van der Waals surface area contributed by atoms with Crippen LogP contribution in [0.2, 0.25) is 5.02 Å². The minimum absolute atomic E-state index is 0.0389. The maximum absolute atomic E-state index is 9.11. The summed E-state index contributed by atoms with van der Waals surface area (Å²) in [5.41, 5.74) is 0.794. The van der Waals surface area contributed by atoms with Crippen molar-refractivity contribution in [3.8, 4) is 0 Å². The lowest BCUT2D eigenvalue weighted by Crippen LogP contribution is -2.12. The summed E-state index contributed by atoms with van der Waals surface area (Å²) in [5.74, 6) is 2.57. The monoisotopic (exact) mass is 315 g/mol. The average Bonchev–Trinajstić information content (AvgIpc) is 2.93. The molecular weight excluding hydrogens is 298 g/mol. The number of thioether (sulfide) groups is 1. The van der Waals surface area contributed by atoms with Gasteiger partial charge in [-0.3, -0.25) is 4.68 Å². The highest BCUT2D eigenvalue weighted by Gasteiger charge is 2.11. The van der Waals surface area contributed by atoms with E-state index in [4.69, 9.17) is 16.7 Å². The molecule has 0 unspecified atom stereocenters. The molecule has 0 atom stereocenters. The molecule has 110 valence electrons. The van der Waals surface area contributed by atoms with Crippen molar-refractivity contribution in [3.63, 3.8) is 0 Å². The molecule has 0 saturated carbocycles. The van der Waals surface area contributed by atoms with Crippen LogP contribution < -0.4 is 0 Å². The minimum Gasteiger partial charge on any atom is -0.394 e. The van der Waals surface area contributed by atoms with Gasteiger partial charge >= 0.3 is 0 Å². The first-order valence-electron chi connectivity index (χ1n) is 6.36. The van der Waals surface area contributed by atoms with E-state index in [0.29, 0.717) is 18.1 Å². The lowest BCUT2D eigenvalue weighted by molar-refractivity contribution is 0.266. The first kappa shape index (κ1) is 15.3. The van der Waals surface area contributed by atoms with Gasteiger partial charge in [0.25, 0.3) is 0 Å². The molecule has 0 aliphatic rings. The number of rotatable bonds is 7. The van der Waals surface area contributed by atoms with Gasteiger partial charge in [0.2, 0.25) is 0 Å². The Hall–Kier alpha value is -1.05. The number of nitrogens with zero attached hydrogens (tertiary/aromatic N) is 5. The van der Waals surface area contributed by atoms with Crippen molar-refractivity contribution in [3.05, 3.63) is 28.6 Å². The van der Waals surface area contributed by atoms with Crippen molar-refractivity contribution >= 4 is 23.4 Å². The smallest absolute Gasteiger partial charge is 0.151 e. The van der Waals surface area contributed by atoms with Crippen LogP contribution in [0.3, 0.4) is 0 Å². The molecule has 0 aliphatic carbocycles. The highest BCUT2D eigenvalue weighted by Crippen LogP contribution is 2.13. The van der Waals surface area contributed by atoms with Crippen LogP contribution in [0.4, 0.5) is 0 Å². The summed E-state index contributed by atoms with van der Waals surface area (Å²) < 4.78 is 3.48. The molecule has 6 nitrogen and oxygen atoms in total. The number of aliphatic hydroxyl groups excluding tert-OH is 1. The number of halogens is 1. The van der Waals surface area contributed by atoms with Crippen molar-refractivity contribution < 1.29 is 5.11 Å². The van der Waals surface area contributed by atoms with Crippen LogP contribution in [-0.2, 0) is 19.5 Å². The van der Waals surface area contributed by atoms with E-state index >= 15 is 0 Å². The number of aliphatic hydroxyl groups is 1. The second-order valence-electron chi connectivity index (χ2n) is 4.39. The zero-order valence-corrected chi connectivity index (χ0v) is 13.2. The second kappa shape index (κ2) is 7.10. The highest BCUT2D eigenvalue weighted by atomic mass is 35.5. The zero-order chi connectivity index (χ0) is 14.5. The van der Waals surface area contributed by atoms with Crippen LogP contribution in [0.25, 0.3) is 0 Å². The number of aromatic nitrogens is 5. The second-order valence-corrected chi connectivity index (χ2v) is 5.79. The molecule has 20 heavy (non-hydrogen) atoms. The Kier molecular flexibility index (Phi) is 5.45. The standard InChI is InChI=1S/C12H18ClN5OS/c1-9-10(13)7-17(15-9)8-12-14-11(3-6-20-2)16-18(12)4-5-19/h7,19H,3-6,8H2,1-2H3. The molecule has 2 aromatic rings. The molecule has 8 heteroatoms. The number of aryl methyl sites for hydroxylation is 2. The Morgan fingerprint density at radius 2 is 2.20 bits per heavy atom. The van der Waals surface area contributed by atoms with E-state index in [9.17, 15) is 0 Å². The zero-order valence-electron chi connectivity index (χ0n) is 11.6. The third kappa shape index (κ3) is 3.74. The molecule has 0 saturated heterocycles. The molecule has 0 fully saturated rings. The average molecular weight is 316 g/mol. The third-order valence-corrected chi connectivity index (χ3v) is 3.81. The molecule has 2 rings (SSSR count). The molecule has 2 aromatic heterocycles. The maximum atomic E-state index is 9.11. The van der Waals surface area contributed by atoms with E-state index in [1.165, 1.54) is 0 Å². The van der Waals surface area contributed by atoms with Gasteiger partial charge in [-0.15, -0.1) is 0 Å². The molecular formula is C12H18ClN5OS. The Balaban J connectivity index is 2.17. The molecule has 0 aliphatic heterocycles. The van der Waals surface area contributed by atoms with Crippen LogP contribution in [0.1, 0.15) is 17.3 Å². The largest absolute Gasteiger partial charge is 0.394 e. The lowest BCUT2D eigenvalue weighted by Gasteiger charge is -2.03. The van der Waals surface area contributed by atoms with Gasteiger partial charge in [-0.2, -0.15) is 22.0 Å². The molecule has 1 N–H and O–H groups in total. The van der Waals surface area contributed by atoms with Gasteiger partial charge in [0.05, 0.1) is 23.9 Å². The molecule has 0 radical (unpaired) electrons. The van der Waals surface area contributed by atoms with Crippen LogP contribution in [0, 0.1) is 6.92 Å². The minimum atomic E-state index is 0.0389. The molecule has 0 aromatic carbocycles. The summed E-state index contributed by atoms with van der Waals surface area (Å²) >= 11 is 7.76. The fourth-order valence-electron chi connectivity index (χ4n) is 1.84. The summed E-state index contributed by atoms with van der Waals surface area (Å²) in [6, 6.07) is 0. The van der Waals surface area contributed by atoms with E-state index in [1.807, 2.05) is 6.92 Å². The van der Waals surface area contributed by atoms with E-state index in [1.54, 1.807) is 27.3 Å². The Labute approximate surface area is 127 Å². The molecule has 0 spiro atoms. The van der Waals surface area contributed by atoms with Gasteiger partial charge < -0.3 is 5.11 Å². The predicted octanol–water partition coefficient (Wildman–Crippen LogP) is 1.38. The van der Waals surface area contributed by atoms with Crippen molar-refractivity contribution in [1.82, 2.24) is 24.5 Å². The van der Waals surface area contributed by atoms with Gasteiger partial charge in [0.15, 0.2) is 5.82 Å². The normalized spacial score (nSPS) is 11.2. The van der Waals surface area contributed by atoms with Crippen molar-refractivity contribution in [2.24, 2.45) is 0 Å². The Morgan fingerprint density at radius 1 is 1.40 bits per heavy atom. The SMILES string of the molecule is CSCCc1nc(Cn2cc(Cl)c(C)n2)n(CCO)n1. The van der Waals surface area contributed by atoms with E-state index in [0.717, 1.165) is 29.5 Å².